The monoisotopic (exact) mass is 290 g/mol. The molecule has 106 valence electrons. The number of ether oxygens (including phenoxy) is 1. The minimum Gasteiger partial charge on any atom is -0.489 e. The Morgan fingerprint density at radius 3 is 2.60 bits per heavy atom. The van der Waals surface area contributed by atoms with Crippen LogP contribution < -0.4 is 10.5 Å². The summed E-state index contributed by atoms with van der Waals surface area (Å²) in [4.78, 5) is 4.21. The molecule has 20 heavy (non-hydrogen) atoms. The number of nitrogens with zero attached hydrogens (tertiary/aromatic N) is 1. The predicted octanol–water partition coefficient (Wildman–Crippen LogP) is 3.74. The van der Waals surface area contributed by atoms with Gasteiger partial charge >= 0.3 is 0 Å². The Kier molecular flexibility index (Phi) is 4.31. The van der Waals surface area contributed by atoms with Gasteiger partial charge in [0.15, 0.2) is 0 Å². The highest BCUT2D eigenvalue weighted by molar-refractivity contribution is 6.31. The van der Waals surface area contributed by atoms with E-state index in [0.717, 1.165) is 11.1 Å². The normalized spacial score (nSPS) is 14.1. The summed E-state index contributed by atoms with van der Waals surface area (Å²) in [6.07, 6.45) is 3.53. The van der Waals surface area contributed by atoms with E-state index in [1.807, 2.05) is 51.1 Å². The lowest BCUT2D eigenvalue weighted by atomic mass is 9.86. The van der Waals surface area contributed by atoms with Crippen LogP contribution in [0.2, 0.25) is 5.02 Å². The Morgan fingerprint density at radius 2 is 1.95 bits per heavy atom. The van der Waals surface area contributed by atoms with Crippen molar-refractivity contribution in [1.82, 2.24) is 4.98 Å². The smallest absolute Gasteiger partial charge is 0.138 e. The lowest BCUT2D eigenvalue weighted by Gasteiger charge is -2.27. The Balaban J connectivity index is 2.41. The second kappa shape index (κ2) is 5.81. The number of hydrogen-bond donors (Lipinski definition) is 1. The molecule has 1 heterocycles. The molecular formula is C16H19ClN2O. The number of aromatic nitrogens is 1. The molecule has 0 spiro atoms. The van der Waals surface area contributed by atoms with Gasteiger partial charge in [0.1, 0.15) is 5.75 Å². The Morgan fingerprint density at radius 1 is 1.25 bits per heavy atom. The molecule has 2 N–H and O–H groups in total. The lowest BCUT2D eigenvalue weighted by Crippen LogP contribution is -2.34. The van der Waals surface area contributed by atoms with Crippen LogP contribution in [-0.4, -0.2) is 11.1 Å². The summed E-state index contributed by atoms with van der Waals surface area (Å²) in [5.74, 6) is 0.709. The Bertz CT molecular complexity index is 597. The molecule has 0 bridgehead atoms. The van der Waals surface area contributed by atoms with Crippen LogP contribution in [0.5, 0.6) is 5.75 Å². The van der Waals surface area contributed by atoms with Crippen LogP contribution >= 0.6 is 11.6 Å². The van der Waals surface area contributed by atoms with Crippen LogP contribution in [0.15, 0.2) is 42.7 Å². The zero-order chi connectivity index (χ0) is 14.8. The summed E-state index contributed by atoms with van der Waals surface area (Å²) in [6.45, 7) is 5.87. The molecule has 0 aliphatic rings. The summed E-state index contributed by atoms with van der Waals surface area (Å²) in [7, 11) is 0. The van der Waals surface area contributed by atoms with Crippen LogP contribution in [0, 0.1) is 0 Å². The van der Waals surface area contributed by atoms with Gasteiger partial charge < -0.3 is 10.5 Å². The highest BCUT2D eigenvalue weighted by atomic mass is 35.5. The summed E-state index contributed by atoms with van der Waals surface area (Å²) in [5.41, 5.74) is 7.49. The molecule has 0 saturated heterocycles. The highest BCUT2D eigenvalue weighted by Crippen LogP contribution is 2.32. The van der Waals surface area contributed by atoms with E-state index in [1.165, 1.54) is 0 Å². The molecule has 0 aliphatic carbocycles. The van der Waals surface area contributed by atoms with Gasteiger partial charge in [0, 0.05) is 11.2 Å². The lowest BCUT2D eigenvalue weighted by molar-refractivity contribution is 0.241. The fraction of sp³-hybridized carbons (Fsp3) is 0.312. The molecule has 0 radical (unpaired) electrons. The van der Waals surface area contributed by atoms with Crippen molar-refractivity contribution in [3.05, 3.63) is 58.9 Å². The van der Waals surface area contributed by atoms with E-state index in [9.17, 15) is 0 Å². The molecule has 1 unspecified atom stereocenters. The Hall–Kier alpha value is -1.58. The largest absolute Gasteiger partial charge is 0.489 e. The second-order valence-corrected chi connectivity index (χ2v) is 5.67. The van der Waals surface area contributed by atoms with Crippen molar-refractivity contribution in [2.45, 2.75) is 32.4 Å². The van der Waals surface area contributed by atoms with E-state index in [4.69, 9.17) is 22.1 Å². The molecule has 1 aromatic heterocycles. The van der Waals surface area contributed by atoms with Gasteiger partial charge in [-0.05, 0) is 44.0 Å². The molecule has 1 atom stereocenters. The molecule has 0 saturated carbocycles. The zero-order valence-electron chi connectivity index (χ0n) is 11.9. The van der Waals surface area contributed by atoms with Crippen molar-refractivity contribution in [3.8, 4) is 5.75 Å². The van der Waals surface area contributed by atoms with Crippen molar-refractivity contribution < 1.29 is 4.74 Å². The van der Waals surface area contributed by atoms with E-state index < -0.39 is 5.54 Å². The van der Waals surface area contributed by atoms with Crippen LogP contribution in [0.3, 0.4) is 0 Å². The minimum atomic E-state index is -0.721. The van der Waals surface area contributed by atoms with Crippen molar-refractivity contribution in [2.75, 3.05) is 0 Å². The topological polar surface area (TPSA) is 48.1 Å². The molecule has 4 heteroatoms. The van der Waals surface area contributed by atoms with Crippen molar-refractivity contribution in [2.24, 2.45) is 5.73 Å². The van der Waals surface area contributed by atoms with Crippen molar-refractivity contribution in [3.63, 3.8) is 0 Å². The van der Waals surface area contributed by atoms with Gasteiger partial charge in [-0.2, -0.15) is 0 Å². The van der Waals surface area contributed by atoms with Gasteiger partial charge in [-0.25, -0.2) is 0 Å². The van der Waals surface area contributed by atoms with Crippen LogP contribution in [0.1, 0.15) is 31.9 Å². The molecule has 2 aromatic rings. The van der Waals surface area contributed by atoms with Crippen LogP contribution in [0.4, 0.5) is 0 Å². The van der Waals surface area contributed by atoms with E-state index in [0.29, 0.717) is 10.8 Å². The minimum absolute atomic E-state index is 0.0939. The van der Waals surface area contributed by atoms with E-state index in [1.54, 1.807) is 12.4 Å². The average molecular weight is 291 g/mol. The van der Waals surface area contributed by atoms with Gasteiger partial charge in [0.2, 0.25) is 0 Å². The number of hydrogen-bond acceptors (Lipinski definition) is 3. The third kappa shape index (κ3) is 3.11. The van der Waals surface area contributed by atoms with Gasteiger partial charge in [0.05, 0.1) is 17.8 Å². The molecule has 2 rings (SSSR count). The second-order valence-electron chi connectivity index (χ2n) is 5.26. The fourth-order valence-corrected chi connectivity index (χ4v) is 2.41. The number of rotatable bonds is 4. The predicted molar refractivity (Wildman–Crippen MR) is 82.1 cm³/mol. The Labute approximate surface area is 124 Å². The molecule has 0 aliphatic heterocycles. The van der Waals surface area contributed by atoms with Gasteiger partial charge in [-0.15, -0.1) is 0 Å². The fourth-order valence-electron chi connectivity index (χ4n) is 2.08. The van der Waals surface area contributed by atoms with E-state index in [-0.39, 0.29) is 6.10 Å². The number of halogens is 1. The van der Waals surface area contributed by atoms with Gasteiger partial charge in [-0.3, -0.25) is 4.98 Å². The maximum absolute atomic E-state index is 6.48. The maximum atomic E-state index is 6.48. The number of pyridine rings is 1. The summed E-state index contributed by atoms with van der Waals surface area (Å²) in [5, 5.41) is 0.646. The van der Waals surface area contributed by atoms with Crippen molar-refractivity contribution in [1.29, 1.82) is 0 Å². The molecular weight excluding hydrogens is 272 g/mol. The highest BCUT2D eigenvalue weighted by Gasteiger charge is 2.26. The number of nitrogens with two attached hydrogens (primary N) is 1. The van der Waals surface area contributed by atoms with Crippen molar-refractivity contribution >= 4 is 11.6 Å². The standard InChI is InChI=1S/C16H19ClN2O/c1-11(2)20-13-8-12(9-19-10-13)16(3,18)14-6-4-5-7-15(14)17/h4-11H,18H2,1-3H3. The molecule has 3 nitrogen and oxygen atoms in total. The van der Waals surface area contributed by atoms with E-state index in [2.05, 4.69) is 4.98 Å². The molecule has 1 aromatic carbocycles. The molecule has 0 amide bonds. The molecule has 0 fully saturated rings. The van der Waals surface area contributed by atoms with Gasteiger partial charge in [0.25, 0.3) is 0 Å². The zero-order valence-corrected chi connectivity index (χ0v) is 12.7. The first-order valence-electron chi connectivity index (χ1n) is 6.57. The average Bonchev–Trinajstić information content (AvgIpc) is 2.38. The van der Waals surface area contributed by atoms with Crippen LogP contribution in [-0.2, 0) is 5.54 Å². The van der Waals surface area contributed by atoms with Gasteiger partial charge in [-0.1, -0.05) is 29.8 Å². The summed E-state index contributed by atoms with van der Waals surface area (Å²) >= 11 is 6.25. The summed E-state index contributed by atoms with van der Waals surface area (Å²) < 4.78 is 5.67. The third-order valence-corrected chi connectivity index (χ3v) is 3.45. The first kappa shape index (κ1) is 14.8. The first-order valence-corrected chi connectivity index (χ1v) is 6.95. The third-order valence-electron chi connectivity index (χ3n) is 3.12. The quantitative estimate of drug-likeness (QED) is 0.933. The SMILES string of the molecule is CC(C)Oc1cncc(C(C)(N)c2ccccc2Cl)c1. The van der Waals surface area contributed by atoms with Crippen LogP contribution in [0.25, 0.3) is 0 Å². The summed E-state index contributed by atoms with van der Waals surface area (Å²) in [6, 6.07) is 9.49. The maximum Gasteiger partial charge on any atom is 0.138 e. The van der Waals surface area contributed by atoms with E-state index >= 15 is 0 Å². The first-order chi connectivity index (χ1) is 9.41. The number of benzene rings is 1.